The van der Waals surface area contributed by atoms with Crippen LogP contribution in [0.25, 0.3) is 11.1 Å². The summed E-state index contributed by atoms with van der Waals surface area (Å²) in [4.78, 5) is 0. The van der Waals surface area contributed by atoms with Gasteiger partial charge < -0.3 is 10.1 Å². The Bertz CT molecular complexity index is 673. The Kier molecular flexibility index (Phi) is 3.50. The average molecular weight is 281 g/mol. The number of hydrogen-bond donors (Lipinski definition) is 1. The highest BCUT2D eigenvalue weighted by Crippen LogP contribution is 2.40. The van der Waals surface area contributed by atoms with E-state index in [0.717, 1.165) is 18.9 Å². The molecule has 0 radical (unpaired) electrons. The van der Waals surface area contributed by atoms with Crippen molar-refractivity contribution in [2.75, 3.05) is 13.7 Å². The molecule has 2 aromatic carbocycles. The van der Waals surface area contributed by atoms with Crippen LogP contribution < -0.4 is 10.1 Å². The Balaban J connectivity index is 2.02. The van der Waals surface area contributed by atoms with E-state index in [4.69, 9.17) is 4.74 Å². The van der Waals surface area contributed by atoms with Crippen molar-refractivity contribution in [2.45, 2.75) is 32.7 Å². The molecule has 2 nitrogen and oxygen atoms in total. The molecular weight excluding hydrogens is 258 g/mol. The molecule has 0 aliphatic carbocycles. The molecule has 2 aromatic rings. The summed E-state index contributed by atoms with van der Waals surface area (Å²) < 4.78 is 5.78. The normalized spacial score (nSPS) is 15.6. The molecule has 0 spiro atoms. The number of hydrogen-bond acceptors (Lipinski definition) is 2. The molecule has 0 aromatic heterocycles. The molecule has 1 N–H and O–H groups in total. The van der Waals surface area contributed by atoms with Gasteiger partial charge in [0.2, 0.25) is 0 Å². The van der Waals surface area contributed by atoms with Crippen LogP contribution in [-0.2, 0) is 12.0 Å². The zero-order chi connectivity index (χ0) is 15.0. The van der Waals surface area contributed by atoms with Crippen LogP contribution in [0.1, 0.15) is 30.5 Å². The lowest BCUT2D eigenvalue weighted by Gasteiger charge is -2.16. The molecular formula is C19H23NO. The number of fused-ring (bicyclic) bond motifs is 1. The monoisotopic (exact) mass is 281 g/mol. The molecule has 0 saturated carbocycles. The van der Waals surface area contributed by atoms with Crippen molar-refractivity contribution < 1.29 is 4.74 Å². The van der Waals surface area contributed by atoms with Crippen molar-refractivity contribution in [3.8, 4) is 16.9 Å². The van der Waals surface area contributed by atoms with Gasteiger partial charge in [-0.1, -0.05) is 38.1 Å². The third-order valence-electron chi connectivity index (χ3n) is 4.28. The fourth-order valence-corrected chi connectivity index (χ4v) is 3.05. The Morgan fingerprint density at radius 1 is 1.14 bits per heavy atom. The smallest absolute Gasteiger partial charge is 0.123 e. The SMILES string of the molecule is CNCc1ccc(-c2ccc3c(c2)C(C)(C)CO3)c(C)c1. The number of nitrogens with one attached hydrogen (secondary N) is 1. The van der Waals surface area contributed by atoms with E-state index in [1.165, 1.54) is 27.8 Å². The molecule has 2 heteroatoms. The molecule has 3 rings (SSSR count). The summed E-state index contributed by atoms with van der Waals surface area (Å²) in [7, 11) is 1.98. The minimum atomic E-state index is 0.102. The van der Waals surface area contributed by atoms with Crippen molar-refractivity contribution >= 4 is 0 Å². The van der Waals surface area contributed by atoms with Gasteiger partial charge in [-0.3, -0.25) is 0 Å². The molecule has 1 heterocycles. The molecule has 21 heavy (non-hydrogen) atoms. The summed E-state index contributed by atoms with van der Waals surface area (Å²) in [6, 6.07) is 13.3. The predicted octanol–water partition coefficient (Wildman–Crippen LogP) is 4.05. The highest BCUT2D eigenvalue weighted by atomic mass is 16.5. The predicted molar refractivity (Wildman–Crippen MR) is 87.9 cm³/mol. The fraction of sp³-hybridized carbons (Fsp3) is 0.368. The van der Waals surface area contributed by atoms with Crippen LogP contribution in [0.3, 0.4) is 0 Å². The summed E-state index contributed by atoms with van der Waals surface area (Å²) in [6.07, 6.45) is 0. The first-order chi connectivity index (χ1) is 10.0. The second-order valence-electron chi connectivity index (χ2n) is 6.56. The second kappa shape index (κ2) is 5.19. The molecule has 0 atom stereocenters. The third-order valence-corrected chi connectivity index (χ3v) is 4.28. The van der Waals surface area contributed by atoms with Gasteiger partial charge in [-0.2, -0.15) is 0 Å². The molecule has 0 amide bonds. The van der Waals surface area contributed by atoms with Gasteiger partial charge in [0, 0.05) is 17.5 Å². The number of aryl methyl sites for hydroxylation is 1. The van der Waals surface area contributed by atoms with Gasteiger partial charge in [-0.25, -0.2) is 0 Å². The number of benzene rings is 2. The lowest BCUT2D eigenvalue weighted by atomic mass is 9.85. The molecule has 0 fully saturated rings. The minimum Gasteiger partial charge on any atom is -0.492 e. The Morgan fingerprint density at radius 3 is 2.67 bits per heavy atom. The maximum absolute atomic E-state index is 5.78. The van der Waals surface area contributed by atoms with Crippen molar-refractivity contribution in [1.29, 1.82) is 0 Å². The molecule has 110 valence electrons. The zero-order valence-electron chi connectivity index (χ0n) is 13.3. The largest absolute Gasteiger partial charge is 0.492 e. The van der Waals surface area contributed by atoms with E-state index in [1.54, 1.807) is 0 Å². The first-order valence-electron chi connectivity index (χ1n) is 7.53. The first-order valence-corrected chi connectivity index (χ1v) is 7.53. The van der Waals surface area contributed by atoms with Crippen LogP contribution in [0.2, 0.25) is 0 Å². The van der Waals surface area contributed by atoms with Gasteiger partial charge in [0.25, 0.3) is 0 Å². The third kappa shape index (κ3) is 2.56. The Hall–Kier alpha value is -1.80. The van der Waals surface area contributed by atoms with Crippen molar-refractivity contribution in [3.63, 3.8) is 0 Å². The van der Waals surface area contributed by atoms with E-state index in [0.29, 0.717) is 0 Å². The lowest BCUT2D eigenvalue weighted by Crippen LogP contribution is -2.18. The minimum absolute atomic E-state index is 0.102. The van der Waals surface area contributed by atoms with E-state index in [-0.39, 0.29) is 5.41 Å². The number of ether oxygens (including phenoxy) is 1. The van der Waals surface area contributed by atoms with Gasteiger partial charge >= 0.3 is 0 Å². The summed E-state index contributed by atoms with van der Waals surface area (Å²) in [5.41, 5.74) is 6.65. The Labute approximate surface area is 127 Å². The summed E-state index contributed by atoms with van der Waals surface area (Å²) >= 11 is 0. The maximum Gasteiger partial charge on any atom is 0.123 e. The molecule has 0 unspecified atom stereocenters. The van der Waals surface area contributed by atoms with Crippen LogP contribution in [0.5, 0.6) is 5.75 Å². The first kappa shape index (κ1) is 14.2. The van der Waals surface area contributed by atoms with E-state index in [1.807, 2.05) is 7.05 Å². The van der Waals surface area contributed by atoms with Gasteiger partial charge in [0.05, 0.1) is 6.61 Å². The topological polar surface area (TPSA) is 21.3 Å². The van der Waals surface area contributed by atoms with Crippen LogP contribution in [-0.4, -0.2) is 13.7 Å². The van der Waals surface area contributed by atoms with Gasteiger partial charge in [0.1, 0.15) is 5.75 Å². The van der Waals surface area contributed by atoms with Crippen molar-refractivity contribution in [1.82, 2.24) is 5.32 Å². The highest BCUT2D eigenvalue weighted by Gasteiger charge is 2.31. The lowest BCUT2D eigenvalue weighted by molar-refractivity contribution is 0.291. The standard InChI is InChI=1S/C19H23NO/c1-13-9-14(11-20-4)5-7-16(13)15-6-8-18-17(10-15)19(2,3)12-21-18/h5-10,20H,11-12H2,1-4H3. The molecule has 1 aliphatic heterocycles. The molecule has 0 bridgehead atoms. The summed E-state index contributed by atoms with van der Waals surface area (Å²) in [5.74, 6) is 1.04. The summed E-state index contributed by atoms with van der Waals surface area (Å²) in [5, 5.41) is 3.20. The number of rotatable bonds is 3. The van der Waals surface area contributed by atoms with E-state index in [9.17, 15) is 0 Å². The van der Waals surface area contributed by atoms with Crippen LogP contribution in [0.4, 0.5) is 0 Å². The van der Waals surface area contributed by atoms with E-state index in [2.05, 4.69) is 62.5 Å². The molecule has 1 aliphatic rings. The van der Waals surface area contributed by atoms with Crippen LogP contribution in [0, 0.1) is 6.92 Å². The van der Waals surface area contributed by atoms with Gasteiger partial charge in [-0.05, 0) is 48.4 Å². The van der Waals surface area contributed by atoms with Crippen LogP contribution in [0.15, 0.2) is 36.4 Å². The molecule has 0 saturated heterocycles. The average Bonchev–Trinajstić information content (AvgIpc) is 2.75. The quantitative estimate of drug-likeness (QED) is 0.916. The zero-order valence-corrected chi connectivity index (χ0v) is 13.3. The van der Waals surface area contributed by atoms with E-state index >= 15 is 0 Å². The second-order valence-corrected chi connectivity index (χ2v) is 6.56. The maximum atomic E-state index is 5.78. The fourth-order valence-electron chi connectivity index (χ4n) is 3.05. The Morgan fingerprint density at radius 2 is 1.95 bits per heavy atom. The van der Waals surface area contributed by atoms with Crippen LogP contribution >= 0.6 is 0 Å². The van der Waals surface area contributed by atoms with Gasteiger partial charge in [-0.15, -0.1) is 0 Å². The van der Waals surface area contributed by atoms with Crippen molar-refractivity contribution in [3.05, 3.63) is 53.1 Å². The van der Waals surface area contributed by atoms with Gasteiger partial charge in [0.15, 0.2) is 0 Å². The highest BCUT2D eigenvalue weighted by molar-refractivity contribution is 5.70. The summed E-state index contributed by atoms with van der Waals surface area (Å²) in [6.45, 7) is 8.35. The van der Waals surface area contributed by atoms with E-state index < -0.39 is 0 Å². The van der Waals surface area contributed by atoms with Crippen molar-refractivity contribution in [2.24, 2.45) is 0 Å².